The molecule has 0 aliphatic carbocycles. The molecule has 4 nitrogen and oxygen atoms in total. The van der Waals surface area contributed by atoms with Gasteiger partial charge in [-0.15, -0.1) is 0 Å². The molecule has 0 amide bonds. The van der Waals surface area contributed by atoms with Crippen molar-refractivity contribution in [3.63, 3.8) is 0 Å². The van der Waals surface area contributed by atoms with Crippen LogP contribution >= 0.6 is 0 Å². The van der Waals surface area contributed by atoms with Gasteiger partial charge in [-0.2, -0.15) is 0 Å². The van der Waals surface area contributed by atoms with E-state index in [-0.39, 0.29) is 5.75 Å². The van der Waals surface area contributed by atoms with E-state index in [9.17, 15) is 9.18 Å². The predicted octanol–water partition coefficient (Wildman–Crippen LogP) is 2.53. The molecule has 0 unspecified atom stereocenters. The van der Waals surface area contributed by atoms with Gasteiger partial charge < -0.3 is 4.74 Å². The van der Waals surface area contributed by atoms with Crippen molar-refractivity contribution >= 4 is 6.29 Å². The fourth-order valence-corrected chi connectivity index (χ4v) is 1.91. The summed E-state index contributed by atoms with van der Waals surface area (Å²) in [5.74, 6) is 0.362. The number of hydrogen-bond acceptors (Lipinski definition) is 4. The maximum absolute atomic E-state index is 14.1. The van der Waals surface area contributed by atoms with Crippen molar-refractivity contribution in [2.24, 2.45) is 0 Å². The molecular formula is C15H15FN2O2. The number of aromatic nitrogens is 2. The second-order valence-electron chi connectivity index (χ2n) is 4.45. The highest BCUT2D eigenvalue weighted by Crippen LogP contribution is 2.23. The van der Waals surface area contributed by atoms with Crippen molar-refractivity contribution in [2.75, 3.05) is 7.11 Å². The van der Waals surface area contributed by atoms with Crippen LogP contribution in [0.15, 0.2) is 24.5 Å². The summed E-state index contributed by atoms with van der Waals surface area (Å²) in [5, 5.41) is 0. The lowest BCUT2D eigenvalue weighted by atomic mass is 10.0. The molecule has 0 spiro atoms. The maximum Gasteiger partial charge on any atom is 0.168 e. The molecule has 1 heterocycles. The number of rotatable bonds is 5. The number of aldehydes is 1. The zero-order valence-electron chi connectivity index (χ0n) is 11.4. The van der Waals surface area contributed by atoms with E-state index in [1.54, 1.807) is 18.5 Å². The quantitative estimate of drug-likeness (QED) is 0.786. The third-order valence-corrected chi connectivity index (χ3v) is 3.01. The van der Waals surface area contributed by atoms with Crippen LogP contribution < -0.4 is 4.74 Å². The van der Waals surface area contributed by atoms with Gasteiger partial charge in [0.1, 0.15) is 12.1 Å². The van der Waals surface area contributed by atoms with Crippen LogP contribution in [0, 0.1) is 12.7 Å². The van der Waals surface area contributed by atoms with Crippen LogP contribution in [0.4, 0.5) is 4.39 Å². The Bertz CT molecular complexity index is 612. The smallest absolute Gasteiger partial charge is 0.168 e. The lowest BCUT2D eigenvalue weighted by Crippen LogP contribution is -2.01. The van der Waals surface area contributed by atoms with Crippen LogP contribution in [0.1, 0.15) is 27.3 Å². The summed E-state index contributed by atoms with van der Waals surface area (Å²) in [6, 6.07) is 2.93. The number of halogens is 1. The standard InChI is InChI=1S/C15H15FN2O2/c1-10-17-7-11(8-18-10)3-4-13-5-12(9-19)6-14(20-2)15(13)16/h5-9H,3-4H2,1-2H3. The van der Waals surface area contributed by atoms with E-state index in [1.807, 2.05) is 6.92 Å². The number of methoxy groups -OCH3 is 1. The number of ether oxygens (including phenoxy) is 1. The molecule has 0 fully saturated rings. The first-order valence-electron chi connectivity index (χ1n) is 6.23. The molecular weight excluding hydrogens is 259 g/mol. The summed E-state index contributed by atoms with van der Waals surface area (Å²) in [6.07, 6.45) is 5.18. The highest BCUT2D eigenvalue weighted by molar-refractivity contribution is 5.76. The first kappa shape index (κ1) is 14.1. The van der Waals surface area contributed by atoms with Gasteiger partial charge in [-0.1, -0.05) is 0 Å². The van der Waals surface area contributed by atoms with Gasteiger partial charge in [0.25, 0.3) is 0 Å². The van der Waals surface area contributed by atoms with E-state index in [2.05, 4.69) is 9.97 Å². The van der Waals surface area contributed by atoms with Gasteiger partial charge in [-0.05, 0) is 43.0 Å². The van der Waals surface area contributed by atoms with E-state index in [1.165, 1.54) is 13.2 Å². The number of carbonyl (C=O) groups excluding carboxylic acids is 1. The predicted molar refractivity (Wildman–Crippen MR) is 72.5 cm³/mol. The van der Waals surface area contributed by atoms with Crippen LogP contribution in [-0.2, 0) is 12.8 Å². The molecule has 0 saturated carbocycles. The van der Waals surface area contributed by atoms with Crippen LogP contribution in [0.2, 0.25) is 0 Å². The van der Waals surface area contributed by atoms with Crippen molar-refractivity contribution in [3.8, 4) is 5.75 Å². The van der Waals surface area contributed by atoms with Crippen molar-refractivity contribution in [1.82, 2.24) is 9.97 Å². The molecule has 0 radical (unpaired) electrons. The molecule has 0 aliphatic rings. The molecule has 2 aromatic rings. The fraction of sp³-hybridized carbons (Fsp3) is 0.267. The van der Waals surface area contributed by atoms with Crippen molar-refractivity contribution in [3.05, 3.63) is 52.9 Å². The Morgan fingerprint density at radius 1 is 1.25 bits per heavy atom. The summed E-state index contributed by atoms with van der Waals surface area (Å²) >= 11 is 0. The Morgan fingerprint density at radius 2 is 1.95 bits per heavy atom. The fourth-order valence-electron chi connectivity index (χ4n) is 1.91. The third-order valence-electron chi connectivity index (χ3n) is 3.01. The number of carbonyl (C=O) groups is 1. The zero-order chi connectivity index (χ0) is 14.5. The maximum atomic E-state index is 14.1. The summed E-state index contributed by atoms with van der Waals surface area (Å²) in [7, 11) is 1.38. The SMILES string of the molecule is COc1cc(C=O)cc(CCc2cnc(C)nc2)c1F. The molecule has 0 aliphatic heterocycles. The summed E-state index contributed by atoms with van der Waals surface area (Å²) in [6.45, 7) is 1.81. The average molecular weight is 274 g/mol. The van der Waals surface area contributed by atoms with Crippen molar-refractivity contribution in [1.29, 1.82) is 0 Å². The first-order valence-corrected chi connectivity index (χ1v) is 6.23. The molecule has 1 aromatic carbocycles. The third kappa shape index (κ3) is 3.17. The van der Waals surface area contributed by atoms with Crippen LogP contribution in [-0.4, -0.2) is 23.4 Å². The van der Waals surface area contributed by atoms with Crippen LogP contribution in [0.3, 0.4) is 0 Å². The minimum Gasteiger partial charge on any atom is -0.494 e. The Kier molecular flexibility index (Phi) is 4.40. The minimum absolute atomic E-state index is 0.0877. The van der Waals surface area contributed by atoms with Gasteiger partial charge in [-0.25, -0.2) is 14.4 Å². The Morgan fingerprint density at radius 3 is 2.55 bits per heavy atom. The second-order valence-corrected chi connectivity index (χ2v) is 4.45. The minimum atomic E-state index is -0.425. The molecule has 0 N–H and O–H groups in total. The van der Waals surface area contributed by atoms with Gasteiger partial charge in [0.05, 0.1) is 7.11 Å². The van der Waals surface area contributed by atoms with E-state index in [0.29, 0.717) is 36.1 Å². The second kappa shape index (κ2) is 6.23. The molecule has 0 bridgehead atoms. The van der Waals surface area contributed by atoms with E-state index >= 15 is 0 Å². The van der Waals surface area contributed by atoms with Gasteiger partial charge in [0.15, 0.2) is 11.6 Å². The molecule has 20 heavy (non-hydrogen) atoms. The van der Waals surface area contributed by atoms with Crippen LogP contribution in [0.25, 0.3) is 0 Å². The zero-order valence-corrected chi connectivity index (χ0v) is 11.4. The first-order chi connectivity index (χ1) is 9.63. The van der Waals surface area contributed by atoms with Gasteiger partial charge in [0.2, 0.25) is 0 Å². The molecule has 0 saturated heterocycles. The summed E-state index contributed by atoms with van der Waals surface area (Å²) in [5.41, 5.74) is 1.77. The van der Waals surface area contributed by atoms with E-state index < -0.39 is 5.82 Å². The number of aryl methyl sites for hydroxylation is 3. The highest BCUT2D eigenvalue weighted by Gasteiger charge is 2.11. The molecule has 2 rings (SSSR count). The number of hydrogen-bond donors (Lipinski definition) is 0. The lowest BCUT2D eigenvalue weighted by molar-refractivity contribution is 0.112. The van der Waals surface area contributed by atoms with Crippen LogP contribution in [0.5, 0.6) is 5.75 Å². The Balaban J connectivity index is 2.20. The Hall–Kier alpha value is -2.30. The normalized spacial score (nSPS) is 10.3. The molecule has 0 atom stereocenters. The number of benzene rings is 1. The lowest BCUT2D eigenvalue weighted by Gasteiger charge is -2.09. The summed E-state index contributed by atoms with van der Waals surface area (Å²) in [4.78, 5) is 19.0. The topological polar surface area (TPSA) is 52.1 Å². The van der Waals surface area contributed by atoms with E-state index in [0.717, 1.165) is 5.56 Å². The number of nitrogens with zero attached hydrogens (tertiary/aromatic N) is 2. The average Bonchev–Trinajstić information content (AvgIpc) is 2.48. The van der Waals surface area contributed by atoms with Gasteiger partial charge in [0, 0.05) is 18.0 Å². The van der Waals surface area contributed by atoms with Crippen molar-refractivity contribution in [2.45, 2.75) is 19.8 Å². The highest BCUT2D eigenvalue weighted by atomic mass is 19.1. The van der Waals surface area contributed by atoms with Gasteiger partial charge in [-0.3, -0.25) is 4.79 Å². The molecule has 104 valence electrons. The van der Waals surface area contributed by atoms with Gasteiger partial charge >= 0.3 is 0 Å². The molecule has 5 heteroatoms. The van der Waals surface area contributed by atoms with Crippen molar-refractivity contribution < 1.29 is 13.9 Å². The Labute approximate surface area is 116 Å². The monoisotopic (exact) mass is 274 g/mol. The largest absolute Gasteiger partial charge is 0.494 e. The molecule has 1 aromatic heterocycles. The summed E-state index contributed by atoms with van der Waals surface area (Å²) < 4.78 is 19.0. The van der Waals surface area contributed by atoms with E-state index in [4.69, 9.17) is 4.74 Å².